The molecule has 37 heavy (non-hydrogen) atoms. The number of aryl methyl sites for hydroxylation is 2. The highest BCUT2D eigenvalue weighted by atomic mass is 16.2. The zero-order valence-electron chi connectivity index (χ0n) is 21.2. The Hall–Kier alpha value is -4.39. The number of aromatic nitrogens is 2. The smallest absolute Gasteiger partial charge is 0.321 e. The predicted octanol–water partition coefficient (Wildman–Crippen LogP) is 5.71. The van der Waals surface area contributed by atoms with Gasteiger partial charge in [-0.25, -0.2) is 9.48 Å². The van der Waals surface area contributed by atoms with Gasteiger partial charge < -0.3 is 15.5 Å². The van der Waals surface area contributed by atoms with Crippen LogP contribution in [-0.2, 0) is 6.54 Å². The molecule has 2 N–H and O–H groups in total. The maximum Gasteiger partial charge on any atom is 0.321 e. The Balaban J connectivity index is 1.36. The minimum Gasteiger partial charge on any atom is -0.348 e. The number of urea groups is 1. The maximum atomic E-state index is 13.4. The van der Waals surface area contributed by atoms with Crippen molar-refractivity contribution in [3.05, 3.63) is 101 Å². The maximum absolute atomic E-state index is 13.4. The van der Waals surface area contributed by atoms with Crippen LogP contribution >= 0.6 is 0 Å². The number of likely N-dealkylation sites (tertiary alicyclic amines) is 1. The van der Waals surface area contributed by atoms with E-state index in [0.717, 1.165) is 59.6 Å². The van der Waals surface area contributed by atoms with E-state index in [4.69, 9.17) is 5.10 Å². The summed E-state index contributed by atoms with van der Waals surface area (Å²) in [4.78, 5) is 27.7. The Morgan fingerprint density at radius 1 is 0.919 bits per heavy atom. The van der Waals surface area contributed by atoms with E-state index < -0.39 is 0 Å². The van der Waals surface area contributed by atoms with Crippen LogP contribution in [0.2, 0.25) is 0 Å². The first-order chi connectivity index (χ1) is 18.0. The van der Waals surface area contributed by atoms with E-state index in [9.17, 15) is 9.59 Å². The molecule has 3 amide bonds. The fraction of sp³-hybridized carbons (Fsp3) is 0.233. The fourth-order valence-corrected chi connectivity index (χ4v) is 4.69. The monoisotopic (exact) mass is 493 g/mol. The van der Waals surface area contributed by atoms with Crippen LogP contribution in [0.25, 0.3) is 16.9 Å². The van der Waals surface area contributed by atoms with Gasteiger partial charge in [-0.1, -0.05) is 54.1 Å². The van der Waals surface area contributed by atoms with Gasteiger partial charge in [0.1, 0.15) is 5.69 Å². The highest BCUT2D eigenvalue weighted by Crippen LogP contribution is 2.27. The molecule has 1 aromatic heterocycles. The topological polar surface area (TPSA) is 79.3 Å². The van der Waals surface area contributed by atoms with Gasteiger partial charge in [0.05, 0.1) is 11.3 Å². The predicted molar refractivity (Wildman–Crippen MR) is 146 cm³/mol. The molecule has 0 spiro atoms. The fourth-order valence-electron chi connectivity index (χ4n) is 4.69. The summed E-state index contributed by atoms with van der Waals surface area (Å²) < 4.78 is 1.75. The number of nitrogens with zero attached hydrogens (tertiary/aromatic N) is 3. The van der Waals surface area contributed by atoms with E-state index in [0.29, 0.717) is 17.8 Å². The SMILES string of the molecule is Cc1ccc(-c2nn(-c3ccccc3)cc2C(=O)NCc2cccc(NC(=O)N3CCCC3)c2)c(C)c1. The van der Waals surface area contributed by atoms with Crippen LogP contribution in [0.15, 0.2) is 79.0 Å². The van der Waals surface area contributed by atoms with Crippen molar-refractivity contribution < 1.29 is 9.59 Å². The van der Waals surface area contributed by atoms with Crippen LogP contribution in [0.5, 0.6) is 0 Å². The third kappa shape index (κ3) is 5.56. The first-order valence-electron chi connectivity index (χ1n) is 12.6. The van der Waals surface area contributed by atoms with E-state index in [2.05, 4.69) is 23.6 Å². The van der Waals surface area contributed by atoms with Crippen molar-refractivity contribution in [2.75, 3.05) is 18.4 Å². The molecule has 7 heteroatoms. The second kappa shape index (κ2) is 10.7. The zero-order chi connectivity index (χ0) is 25.8. The van der Waals surface area contributed by atoms with E-state index in [1.165, 1.54) is 0 Å². The van der Waals surface area contributed by atoms with Gasteiger partial charge in [0.2, 0.25) is 0 Å². The van der Waals surface area contributed by atoms with Crippen LogP contribution in [0, 0.1) is 13.8 Å². The van der Waals surface area contributed by atoms with Crippen molar-refractivity contribution in [1.29, 1.82) is 0 Å². The first-order valence-corrected chi connectivity index (χ1v) is 12.6. The Morgan fingerprint density at radius 2 is 1.70 bits per heavy atom. The Kier molecular flexibility index (Phi) is 7.03. The van der Waals surface area contributed by atoms with E-state index in [1.807, 2.05) is 78.6 Å². The molecule has 1 aliphatic heterocycles. The molecule has 1 saturated heterocycles. The number of carbonyl (C=O) groups excluding carboxylic acids is 2. The van der Waals surface area contributed by atoms with Gasteiger partial charge in [0.25, 0.3) is 5.91 Å². The van der Waals surface area contributed by atoms with Gasteiger partial charge in [0, 0.05) is 37.1 Å². The molecular weight excluding hydrogens is 462 g/mol. The molecule has 188 valence electrons. The Morgan fingerprint density at radius 3 is 2.46 bits per heavy atom. The van der Waals surface area contributed by atoms with Crippen LogP contribution in [0.4, 0.5) is 10.5 Å². The summed E-state index contributed by atoms with van der Waals surface area (Å²) in [5, 5.41) is 10.8. The molecule has 2 heterocycles. The summed E-state index contributed by atoms with van der Waals surface area (Å²) in [5.41, 5.74) is 6.80. The summed E-state index contributed by atoms with van der Waals surface area (Å²) in [6.07, 6.45) is 3.88. The van der Waals surface area contributed by atoms with Gasteiger partial charge >= 0.3 is 6.03 Å². The number of nitrogens with one attached hydrogen (secondary N) is 2. The van der Waals surface area contributed by atoms with E-state index >= 15 is 0 Å². The molecule has 1 aliphatic rings. The summed E-state index contributed by atoms with van der Waals surface area (Å²) in [5.74, 6) is -0.205. The van der Waals surface area contributed by atoms with Crippen molar-refractivity contribution in [2.45, 2.75) is 33.2 Å². The molecule has 3 aromatic carbocycles. The number of hydrogen-bond acceptors (Lipinski definition) is 3. The molecule has 0 unspecified atom stereocenters. The molecule has 7 nitrogen and oxygen atoms in total. The zero-order valence-corrected chi connectivity index (χ0v) is 21.2. The second-order valence-electron chi connectivity index (χ2n) is 9.50. The molecule has 0 aliphatic carbocycles. The van der Waals surface area contributed by atoms with Gasteiger partial charge in [-0.15, -0.1) is 0 Å². The molecule has 4 aromatic rings. The summed E-state index contributed by atoms with van der Waals surface area (Å²) in [6, 6.07) is 23.4. The first kappa shape index (κ1) is 24.3. The van der Waals surface area contributed by atoms with E-state index in [-0.39, 0.29) is 11.9 Å². The summed E-state index contributed by atoms with van der Waals surface area (Å²) in [6.45, 7) is 6.00. The minimum atomic E-state index is -0.205. The van der Waals surface area contributed by atoms with Crippen LogP contribution in [0.1, 0.15) is 39.9 Å². The van der Waals surface area contributed by atoms with Crippen LogP contribution < -0.4 is 10.6 Å². The molecule has 0 saturated carbocycles. The van der Waals surface area contributed by atoms with Crippen LogP contribution in [0.3, 0.4) is 0 Å². The number of amides is 3. The summed E-state index contributed by atoms with van der Waals surface area (Å²) >= 11 is 0. The van der Waals surface area contributed by atoms with Crippen molar-refractivity contribution in [2.24, 2.45) is 0 Å². The second-order valence-corrected chi connectivity index (χ2v) is 9.50. The summed E-state index contributed by atoms with van der Waals surface area (Å²) in [7, 11) is 0. The lowest BCUT2D eigenvalue weighted by molar-refractivity contribution is 0.0951. The average Bonchev–Trinajstić information content (AvgIpc) is 3.59. The number of benzene rings is 3. The molecule has 1 fully saturated rings. The number of para-hydroxylation sites is 1. The normalized spacial score (nSPS) is 13.0. The largest absolute Gasteiger partial charge is 0.348 e. The standard InChI is InChI=1S/C30H31N5O2/c1-21-13-14-26(22(2)17-21)28-27(20-35(33-28)25-11-4-3-5-12-25)29(36)31-19-23-9-8-10-24(18-23)32-30(37)34-15-6-7-16-34/h3-5,8-14,17-18,20H,6-7,15-16,19H2,1-2H3,(H,31,36)(H,32,37). The lowest BCUT2D eigenvalue weighted by atomic mass is 10.0. The Bertz CT molecular complexity index is 1420. The molecule has 0 atom stereocenters. The number of hydrogen-bond donors (Lipinski definition) is 2. The van der Waals surface area contributed by atoms with Crippen molar-refractivity contribution >= 4 is 17.6 Å². The van der Waals surface area contributed by atoms with Crippen LogP contribution in [-0.4, -0.2) is 39.7 Å². The number of carbonyl (C=O) groups is 2. The van der Waals surface area contributed by atoms with E-state index in [1.54, 1.807) is 10.9 Å². The molecule has 0 bridgehead atoms. The molecule has 5 rings (SSSR count). The van der Waals surface area contributed by atoms with Crippen molar-refractivity contribution in [3.63, 3.8) is 0 Å². The van der Waals surface area contributed by atoms with Gasteiger partial charge in [-0.05, 0) is 62.1 Å². The average molecular weight is 494 g/mol. The highest BCUT2D eigenvalue weighted by molar-refractivity contribution is 6.00. The quantitative estimate of drug-likeness (QED) is 0.361. The lowest BCUT2D eigenvalue weighted by Crippen LogP contribution is -2.32. The third-order valence-electron chi connectivity index (χ3n) is 6.64. The van der Waals surface area contributed by atoms with Gasteiger partial charge in [-0.3, -0.25) is 4.79 Å². The lowest BCUT2D eigenvalue weighted by Gasteiger charge is -2.16. The van der Waals surface area contributed by atoms with Crippen molar-refractivity contribution in [1.82, 2.24) is 20.0 Å². The Labute approximate surface area is 217 Å². The minimum absolute atomic E-state index is 0.0786. The highest BCUT2D eigenvalue weighted by Gasteiger charge is 2.21. The molecular formula is C30H31N5O2. The van der Waals surface area contributed by atoms with Gasteiger partial charge in [-0.2, -0.15) is 5.10 Å². The number of rotatable bonds is 6. The number of anilines is 1. The van der Waals surface area contributed by atoms with Crippen molar-refractivity contribution in [3.8, 4) is 16.9 Å². The van der Waals surface area contributed by atoms with Gasteiger partial charge in [0.15, 0.2) is 0 Å². The third-order valence-corrected chi connectivity index (χ3v) is 6.64. The molecule has 0 radical (unpaired) electrons.